The van der Waals surface area contributed by atoms with E-state index in [9.17, 15) is 0 Å². The van der Waals surface area contributed by atoms with Crippen molar-refractivity contribution in [3.05, 3.63) is 47.7 Å². The molecule has 0 amide bonds. The first kappa shape index (κ1) is 13.2. The van der Waals surface area contributed by atoms with Gasteiger partial charge in [0.05, 0.1) is 11.7 Å². The summed E-state index contributed by atoms with van der Waals surface area (Å²) in [5.41, 5.74) is 8.40. The molecule has 3 rings (SSSR count). The van der Waals surface area contributed by atoms with Crippen molar-refractivity contribution in [2.45, 2.75) is 31.8 Å². The largest absolute Gasteiger partial charge is 0.384 e. The standard InChI is InChI=1S/C16H22N4/c1-19-16(17)11-14(18-19)15-9-5-6-10-20(15)12-13-7-3-2-4-8-13/h2-4,7-8,11,15H,5-6,9-10,12,17H2,1H3. The van der Waals surface area contributed by atoms with Gasteiger partial charge in [0.25, 0.3) is 0 Å². The lowest BCUT2D eigenvalue weighted by Gasteiger charge is -2.34. The van der Waals surface area contributed by atoms with E-state index in [0.717, 1.165) is 24.6 Å². The van der Waals surface area contributed by atoms with Crippen LogP contribution in [0.3, 0.4) is 0 Å². The number of nitrogen functional groups attached to an aromatic ring is 1. The van der Waals surface area contributed by atoms with Crippen LogP contribution in [-0.2, 0) is 13.6 Å². The number of hydrogen-bond acceptors (Lipinski definition) is 3. The summed E-state index contributed by atoms with van der Waals surface area (Å²) in [4.78, 5) is 2.53. The highest BCUT2D eigenvalue weighted by Crippen LogP contribution is 2.32. The molecular weight excluding hydrogens is 248 g/mol. The average molecular weight is 270 g/mol. The number of anilines is 1. The highest BCUT2D eigenvalue weighted by molar-refractivity contribution is 5.32. The Bertz CT molecular complexity index is 542. The van der Waals surface area contributed by atoms with Crippen molar-refractivity contribution < 1.29 is 0 Å². The predicted molar refractivity (Wildman–Crippen MR) is 81.1 cm³/mol. The van der Waals surface area contributed by atoms with Gasteiger partial charge in [-0.3, -0.25) is 9.58 Å². The molecule has 1 aliphatic rings. The zero-order valence-corrected chi connectivity index (χ0v) is 12.0. The van der Waals surface area contributed by atoms with Crippen molar-refractivity contribution in [1.29, 1.82) is 0 Å². The Labute approximate surface area is 120 Å². The molecule has 1 aromatic heterocycles. The highest BCUT2D eigenvalue weighted by Gasteiger charge is 2.26. The first-order valence-corrected chi connectivity index (χ1v) is 7.31. The third-order valence-electron chi connectivity index (χ3n) is 4.12. The number of piperidine rings is 1. The van der Waals surface area contributed by atoms with Crippen LogP contribution in [0.4, 0.5) is 5.82 Å². The minimum absolute atomic E-state index is 0.396. The number of hydrogen-bond donors (Lipinski definition) is 1. The van der Waals surface area contributed by atoms with Crippen LogP contribution in [0.15, 0.2) is 36.4 Å². The van der Waals surface area contributed by atoms with Crippen molar-refractivity contribution in [2.24, 2.45) is 7.05 Å². The molecule has 2 heterocycles. The lowest BCUT2D eigenvalue weighted by Crippen LogP contribution is -2.33. The maximum absolute atomic E-state index is 5.93. The number of nitrogens with two attached hydrogens (primary N) is 1. The molecule has 0 radical (unpaired) electrons. The molecule has 1 saturated heterocycles. The van der Waals surface area contributed by atoms with Crippen molar-refractivity contribution in [3.63, 3.8) is 0 Å². The zero-order chi connectivity index (χ0) is 13.9. The van der Waals surface area contributed by atoms with Gasteiger partial charge in [-0.1, -0.05) is 36.8 Å². The second-order valence-corrected chi connectivity index (χ2v) is 5.59. The minimum Gasteiger partial charge on any atom is -0.384 e. The van der Waals surface area contributed by atoms with Crippen LogP contribution in [0.25, 0.3) is 0 Å². The third-order valence-corrected chi connectivity index (χ3v) is 4.12. The van der Waals surface area contributed by atoms with Gasteiger partial charge in [0.15, 0.2) is 0 Å². The van der Waals surface area contributed by atoms with Gasteiger partial charge in [-0.2, -0.15) is 5.10 Å². The normalized spacial score (nSPS) is 20.1. The van der Waals surface area contributed by atoms with E-state index in [-0.39, 0.29) is 0 Å². The summed E-state index contributed by atoms with van der Waals surface area (Å²) in [6, 6.07) is 13.1. The van der Waals surface area contributed by atoms with Crippen molar-refractivity contribution in [3.8, 4) is 0 Å². The average Bonchev–Trinajstić information content (AvgIpc) is 2.80. The summed E-state index contributed by atoms with van der Waals surface area (Å²) in [5.74, 6) is 0.741. The minimum atomic E-state index is 0.396. The highest BCUT2D eigenvalue weighted by atomic mass is 15.3. The summed E-state index contributed by atoms with van der Waals surface area (Å²) in [6.07, 6.45) is 3.71. The first-order valence-electron chi connectivity index (χ1n) is 7.31. The molecule has 1 unspecified atom stereocenters. The predicted octanol–water partition coefficient (Wildman–Crippen LogP) is 2.73. The Morgan fingerprint density at radius 3 is 2.75 bits per heavy atom. The summed E-state index contributed by atoms with van der Waals surface area (Å²) < 4.78 is 1.77. The number of likely N-dealkylation sites (tertiary alicyclic amines) is 1. The molecule has 1 atom stereocenters. The number of aromatic nitrogens is 2. The molecule has 1 aromatic carbocycles. The second kappa shape index (κ2) is 5.67. The Balaban J connectivity index is 1.80. The molecule has 0 aliphatic carbocycles. The van der Waals surface area contributed by atoms with Gasteiger partial charge in [-0.15, -0.1) is 0 Å². The molecule has 1 aliphatic heterocycles. The smallest absolute Gasteiger partial charge is 0.121 e. The van der Waals surface area contributed by atoms with Crippen LogP contribution in [0.5, 0.6) is 0 Å². The Hall–Kier alpha value is -1.81. The fourth-order valence-corrected chi connectivity index (χ4v) is 3.00. The van der Waals surface area contributed by atoms with E-state index >= 15 is 0 Å². The molecule has 2 N–H and O–H groups in total. The molecule has 0 bridgehead atoms. The Morgan fingerprint density at radius 2 is 2.05 bits per heavy atom. The van der Waals surface area contributed by atoms with Gasteiger partial charge in [-0.05, 0) is 24.9 Å². The van der Waals surface area contributed by atoms with E-state index in [4.69, 9.17) is 5.73 Å². The number of aryl methyl sites for hydroxylation is 1. The zero-order valence-electron chi connectivity index (χ0n) is 12.0. The molecule has 20 heavy (non-hydrogen) atoms. The molecule has 0 spiro atoms. The van der Waals surface area contributed by atoms with Gasteiger partial charge in [0.1, 0.15) is 5.82 Å². The maximum atomic E-state index is 5.93. The molecule has 106 valence electrons. The van der Waals surface area contributed by atoms with Gasteiger partial charge in [-0.25, -0.2) is 0 Å². The van der Waals surface area contributed by atoms with Crippen LogP contribution in [-0.4, -0.2) is 21.2 Å². The van der Waals surface area contributed by atoms with Gasteiger partial charge in [0, 0.05) is 19.7 Å². The Kier molecular flexibility index (Phi) is 3.74. The van der Waals surface area contributed by atoms with Crippen LogP contribution < -0.4 is 5.73 Å². The van der Waals surface area contributed by atoms with E-state index in [1.165, 1.54) is 24.8 Å². The molecule has 2 aromatic rings. The van der Waals surface area contributed by atoms with Crippen LogP contribution in [0.1, 0.15) is 36.6 Å². The van der Waals surface area contributed by atoms with E-state index in [1.807, 2.05) is 13.1 Å². The SMILES string of the molecule is Cn1nc(C2CCCCN2Cc2ccccc2)cc1N. The summed E-state index contributed by atoms with van der Waals surface area (Å²) >= 11 is 0. The topological polar surface area (TPSA) is 47.1 Å². The fraction of sp³-hybridized carbons (Fsp3) is 0.438. The lowest BCUT2D eigenvalue weighted by atomic mass is 9.98. The van der Waals surface area contributed by atoms with Crippen molar-refractivity contribution >= 4 is 5.82 Å². The van der Waals surface area contributed by atoms with Crippen molar-refractivity contribution in [2.75, 3.05) is 12.3 Å². The molecular formula is C16H22N4. The number of nitrogens with zero attached hydrogens (tertiary/aromatic N) is 3. The molecule has 0 saturated carbocycles. The fourth-order valence-electron chi connectivity index (χ4n) is 3.00. The summed E-state index contributed by atoms with van der Waals surface area (Å²) in [6.45, 7) is 2.12. The van der Waals surface area contributed by atoms with Crippen LogP contribution in [0, 0.1) is 0 Å². The third kappa shape index (κ3) is 2.70. The van der Waals surface area contributed by atoms with E-state index < -0.39 is 0 Å². The van der Waals surface area contributed by atoms with Gasteiger partial charge >= 0.3 is 0 Å². The van der Waals surface area contributed by atoms with Crippen LogP contribution >= 0.6 is 0 Å². The monoisotopic (exact) mass is 270 g/mol. The lowest BCUT2D eigenvalue weighted by molar-refractivity contribution is 0.137. The summed E-state index contributed by atoms with van der Waals surface area (Å²) in [7, 11) is 1.91. The van der Waals surface area contributed by atoms with E-state index in [2.05, 4.69) is 40.3 Å². The first-order chi connectivity index (χ1) is 9.74. The Morgan fingerprint density at radius 1 is 1.25 bits per heavy atom. The quantitative estimate of drug-likeness (QED) is 0.933. The van der Waals surface area contributed by atoms with Gasteiger partial charge in [0.2, 0.25) is 0 Å². The summed E-state index contributed by atoms with van der Waals surface area (Å²) in [5, 5.41) is 4.58. The van der Waals surface area contributed by atoms with Crippen LogP contribution in [0.2, 0.25) is 0 Å². The molecule has 4 nitrogen and oxygen atoms in total. The number of benzene rings is 1. The van der Waals surface area contributed by atoms with E-state index in [0.29, 0.717) is 6.04 Å². The maximum Gasteiger partial charge on any atom is 0.121 e. The second-order valence-electron chi connectivity index (χ2n) is 5.59. The van der Waals surface area contributed by atoms with Crippen molar-refractivity contribution in [1.82, 2.24) is 14.7 Å². The molecule has 1 fully saturated rings. The molecule has 4 heteroatoms. The van der Waals surface area contributed by atoms with Gasteiger partial charge < -0.3 is 5.73 Å². The number of rotatable bonds is 3. The van der Waals surface area contributed by atoms with E-state index in [1.54, 1.807) is 4.68 Å².